The molecular weight excluding hydrogens is 404 g/mol. The average Bonchev–Trinajstić information content (AvgIpc) is 3.18. The molecule has 0 aliphatic carbocycles. The molecule has 2 amide bonds. The first-order valence-electron chi connectivity index (χ1n) is 11.7. The summed E-state index contributed by atoms with van der Waals surface area (Å²) < 4.78 is 1.83. The van der Waals surface area contributed by atoms with Gasteiger partial charge in [-0.25, -0.2) is 4.68 Å². The average molecular weight is 439 g/mol. The van der Waals surface area contributed by atoms with Gasteiger partial charge in [0.2, 0.25) is 11.8 Å². The lowest BCUT2D eigenvalue weighted by atomic mass is 10.1. The van der Waals surface area contributed by atoms with E-state index in [0.717, 1.165) is 50.8 Å². The van der Waals surface area contributed by atoms with E-state index in [1.165, 1.54) is 5.56 Å². The van der Waals surface area contributed by atoms with Gasteiger partial charge in [0.25, 0.3) is 0 Å². The third-order valence-electron chi connectivity index (χ3n) is 6.38. The molecule has 2 aromatic rings. The first-order valence-corrected chi connectivity index (χ1v) is 11.7. The largest absolute Gasteiger partial charge is 0.353 e. The number of fused-ring (bicyclic) bond motifs is 1. The number of hydrogen-bond donors (Lipinski definition) is 1. The molecule has 32 heavy (non-hydrogen) atoms. The van der Waals surface area contributed by atoms with Crippen LogP contribution in [0.25, 0.3) is 0 Å². The quantitative estimate of drug-likeness (QED) is 0.678. The van der Waals surface area contributed by atoms with Crippen molar-refractivity contribution >= 4 is 17.6 Å². The van der Waals surface area contributed by atoms with Crippen LogP contribution in [0.1, 0.15) is 31.0 Å². The van der Waals surface area contributed by atoms with Crippen LogP contribution in [-0.2, 0) is 22.7 Å². The van der Waals surface area contributed by atoms with Crippen molar-refractivity contribution in [3.8, 4) is 0 Å². The highest BCUT2D eigenvalue weighted by Gasteiger charge is 2.34. The summed E-state index contributed by atoms with van der Waals surface area (Å²) in [7, 11) is 0. The summed E-state index contributed by atoms with van der Waals surface area (Å²) in [5, 5.41) is 7.52. The maximum Gasteiger partial charge on any atom is 0.243 e. The number of carbonyl (C=O) groups is 2. The highest BCUT2D eigenvalue weighted by molar-refractivity contribution is 6.00. The SMILES string of the molecule is CC[C@@H](C(=O)NCCN1CCN(Cc2ccccc2)CC1)N1C(=O)CCn2nc(C)cc21. The van der Waals surface area contributed by atoms with Gasteiger partial charge in [0.15, 0.2) is 0 Å². The fourth-order valence-electron chi connectivity index (χ4n) is 4.63. The molecule has 1 atom stereocenters. The Morgan fingerprint density at radius 1 is 1.09 bits per heavy atom. The third kappa shape index (κ3) is 5.19. The first kappa shape index (κ1) is 22.5. The summed E-state index contributed by atoms with van der Waals surface area (Å²) >= 11 is 0. The molecule has 2 aliphatic heterocycles. The number of aryl methyl sites for hydroxylation is 2. The van der Waals surface area contributed by atoms with E-state index in [0.29, 0.717) is 25.9 Å². The highest BCUT2D eigenvalue weighted by Crippen LogP contribution is 2.26. The number of anilines is 1. The zero-order chi connectivity index (χ0) is 22.5. The number of hydrogen-bond acceptors (Lipinski definition) is 5. The van der Waals surface area contributed by atoms with E-state index in [4.69, 9.17) is 0 Å². The second-order valence-electron chi connectivity index (χ2n) is 8.70. The third-order valence-corrected chi connectivity index (χ3v) is 6.38. The Hall–Kier alpha value is -2.71. The molecule has 1 aromatic heterocycles. The van der Waals surface area contributed by atoms with Crippen molar-refractivity contribution in [3.63, 3.8) is 0 Å². The normalized spacial score (nSPS) is 18.4. The summed E-state index contributed by atoms with van der Waals surface area (Å²) in [6.45, 7) is 10.9. The minimum atomic E-state index is -0.500. The van der Waals surface area contributed by atoms with Gasteiger partial charge in [-0.1, -0.05) is 37.3 Å². The molecule has 1 saturated heterocycles. The minimum absolute atomic E-state index is 0.00561. The summed E-state index contributed by atoms with van der Waals surface area (Å²) in [6, 6.07) is 12.0. The van der Waals surface area contributed by atoms with Crippen LogP contribution in [-0.4, -0.2) is 76.7 Å². The van der Waals surface area contributed by atoms with Gasteiger partial charge in [0.1, 0.15) is 11.9 Å². The molecule has 0 bridgehead atoms. The van der Waals surface area contributed by atoms with Gasteiger partial charge in [-0.05, 0) is 18.9 Å². The smallest absolute Gasteiger partial charge is 0.243 e. The van der Waals surface area contributed by atoms with E-state index in [1.54, 1.807) is 4.90 Å². The van der Waals surface area contributed by atoms with Gasteiger partial charge in [-0.3, -0.25) is 24.3 Å². The summed E-state index contributed by atoms with van der Waals surface area (Å²) in [5.74, 6) is 0.639. The van der Waals surface area contributed by atoms with Crippen LogP contribution in [0.3, 0.4) is 0 Å². The van der Waals surface area contributed by atoms with Crippen molar-refractivity contribution < 1.29 is 9.59 Å². The zero-order valence-corrected chi connectivity index (χ0v) is 19.2. The molecule has 1 N–H and O–H groups in total. The summed E-state index contributed by atoms with van der Waals surface area (Å²) in [5.41, 5.74) is 2.21. The Kier molecular flexibility index (Phi) is 7.22. The lowest BCUT2D eigenvalue weighted by Gasteiger charge is -2.35. The number of aromatic nitrogens is 2. The first-order chi connectivity index (χ1) is 15.5. The molecule has 0 spiro atoms. The van der Waals surface area contributed by atoms with Crippen LogP contribution in [0.5, 0.6) is 0 Å². The van der Waals surface area contributed by atoms with E-state index in [9.17, 15) is 9.59 Å². The van der Waals surface area contributed by atoms with Crippen LogP contribution in [0.15, 0.2) is 36.4 Å². The number of carbonyl (C=O) groups excluding carboxylic acids is 2. The fourth-order valence-corrected chi connectivity index (χ4v) is 4.63. The van der Waals surface area contributed by atoms with Crippen LogP contribution < -0.4 is 10.2 Å². The standard InChI is InChI=1S/C24H34N6O2/c1-3-21(30-22-17-19(2)26-29(22)11-9-23(30)31)24(32)25-10-12-27-13-15-28(16-14-27)18-20-7-5-4-6-8-20/h4-8,17,21H,3,9-16,18H2,1-2H3,(H,25,32)/t21-/m0/s1. The van der Waals surface area contributed by atoms with Gasteiger partial charge < -0.3 is 5.32 Å². The molecule has 0 saturated carbocycles. The van der Waals surface area contributed by atoms with Gasteiger partial charge in [0.05, 0.1) is 12.2 Å². The van der Waals surface area contributed by atoms with E-state index >= 15 is 0 Å². The number of rotatable bonds is 8. The predicted octanol–water partition coefficient (Wildman–Crippen LogP) is 1.64. The summed E-state index contributed by atoms with van der Waals surface area (Å²) in [6.07, 6.45) is 0.950. The number of nitrogens with one attached hydrogen (secondary N) is 1. The van der Waals surface area contributed by atoms with E-state index < -0.39 is 6.04 Å². The van der Waals surface area contributed by atoms with E-state index in [1.807, 2.05) is 24.6 Å². The Morgan fingerprint density at radius 3 is 2.53 bits per heavy atom. The van der Waals surface area contributed by atoms with Crippen LogP contribution in [0.4, 0.5) is 5.82 Å². The lowest BCUT2D eigenvalue weighted by Crippen LogP contribution is -2.53. The molecule has 3 heterocycles. The zero-order valence-electron chi connectivity index (χ0n) is 19.2. The Morgan fingerprint density at radius 2 is 1.81 bits per heavy atom. The van der Waals surface area contributed by atoms with Crippen molar-refractivity contribution in [2.45, 2.75) is 45.8 Å². The van der Waals surface area contributed by atoms with Crippen LogP contribution in [0.2, 0.25) is 0 Å². The van der Waals surface area contributed by atoms with Gasteiger partial charge in [0, 0.05) is 58.3 Å². The second kappa shape index (κ2) is 10.3. The van der Waals surface area contributed by atoms with Crippen molar-refractivity contribution in [1.29, 1.82) is 0 Å². The van der Waals surface area contributed by atoms with Gasteiger partial charge in [-0.15, -0.1) is 0 Å². The molecule has 2 aliphatic rings. The minimum Gasteiger partial charge on any atom is -0.353 e. The van der Waals surface area contributed by atoms with Crippen molar-refractivity contribution in [2.75, 3.05) is 44.2 Å². The maximum absolute atomic E-state index is 13.0. The molecule has 172 valence electrons. The molecule has 1 aromatic carbocycles. The van der Waals surface area contributed by atoms with Crippen LogP contribution in [0, 0.1) is 6.92 Å². The molecule has 8 heteroatoms. The molecule has 4 rings (SSSR count). The molecular formula is C24H34N6O2. The highest BCUT2D eigenvalue weighted by atomic mass is 16.2. The Labute approximate surface area is 190 Å². The monoisotopic (exact) mass is 438 g/mol. The van der Waals surface area contributed by atoms with Gasteiger partial charge >= 0.3 is 0 Å². The van der Waals surface area contributed by atoms with E-state index in [-0.39, 0.29) is 11.8 Å². The number of nitrogens with zero attached hydrogens (tertiary/aromatic N) is 5. The second-order valence-corrected chi connectivity index (χ2v) is 8.70. The Balaban J connectivity index is 1.24. The number of piperazine rings is 1. The lowest BCUT2D eigenvalue weighted by molar-refractivity contribution is -0.127. The topological polar surface area (TPSA) is 73.7 Å². The predicted molar refractivity (Wildman–Crippen MR) is 124 cm³/mol. The molecule has 1 fully saturated rings. The van der Waals surface area contributed by atoms with Crippen molar-refractivity contribution in [2.24, 2.45) is 0 Å². The van der Waals surface area contributed by atoms with Crippen molar-refractivity contribution in [1.82, 2.24) is 24.9 Å². The number of amides is 2. The van der Waals surface area contributed by atoms with E-state index in [2.05, 4.69) is 50.5 Å². The van der Waals surface area contributed by atoms with Crippen LogP contribution >= 0.6 is 0 Å². The summed E-state index contributed by atoms with van der Waals surface area (Å²) in [4.78, 5) is 32.1. The molecule has 0 unspecified atom stereocenters. The molecule has 8 nitrogen and oxygen atoms in total. The Bertz CT molecular complexity index is 920. The molecule has 0 radical (unpaired) electrons. The van der Waals surface area contributed by atoms with Gasteiger partial charge in [-0.2, -0.15) is 5.10 Å². The number of benzene rings is 1. The maximum atomic E-state index is 13.0. The fraction of sp³-hybridized carbons (Fsp3) is 0.542. The van der Waals surface area contributed by atoms with Crippen molar-refractivity contribution in [3.05, 3.63) is 47.7 Å².